The van der Waals surface area contributed by atoms with Gasteiger partial charge in [-0.15, -0.1) is 0 Å². The average molecular weight is 639 g/mol. The number of carbonyl (C=O) groups excluding carboxylic acids is 4. The summed E-state index contributed by atoms with van der Waals surface area (Å²) in [6.45, 7) is 16.4. The molecule has 0 aliphatic heterocycles. The van der Waals surface area contributed by atoms with E-state index < -0.39 is 0 Å². The van der Waals surface area contributed by atoms with Crippen molar-refractivity contribution < 1.29 is 20.6 Å². The van der Waals surface area contributed by atoms with Gasteiger partial charge in [-0.25, -0.2) is 0 Å². The number of Topliss-reactive ketones (excluding diaryl/α,β-unsaturated/α-hetero) is 2. The number of allylic oxidation sites excluding steroid dienone is 4. The largest absolute Gasteiger partial charge is 0.307 e. The standard InChI is InChI=1S/C37H40O2.2C2H6.2CH2O.H2/c1-3-27-10-8-11-28(23-27)15-22-36(38)32-20-21-35(33(24-32)25-37(39)31-12-5-6-13-31)30-18-16-29(17-19-30)34-14-7-4-9-26(34)2;4*1-2;/h4-12,14,20-21,23-24,29-30H,3,13,15-19,22,25H2,1-2H3;2*1-2H3;2*1H2;1H. The second kappa shape index (κ2) is 23.2. The molecule has 0 aromatic heterocycles. The fourth-order valence-corrected chi connectivity index (χ4v) is 6.44. The highest BCUT2D eigenvalue weighted by atomic mass is 16.1. The van der Waals surface area contributed by atoms with Crippen molar-refractivity contribution in [2.24, 2.45) is 0 Å². The Hall–Kier alpha value is -4.18. The van der Waals surface area contributed by atoms with Crippen LogP contribution in [0.15, 0.2) is 90.5 Å². The van der Waals surface area contributed by atoms with Crippen molar-refractivity contribution in [3.8, 4) is 0 Å². The molecule has 1 saturated carbocycles. The second-order valence-corrected chi connectivity index (χ2v) is 11.3. The van der Waals surface area contributed by atoms with E-state index in [0.29, 0.717) is 31.1 Å². The molecule has 0 spiro atoms. The van der Waals surface area contributed by atoms with Gasteiger partial charge in [-0.1, -0.05) is 114 Å². The van der Waals surface area contributed by atoms with Gasteiger partial charge in [0.25, 0.3) is 0 Å². The van der Waals surface area contributed by atoms with E-state index >= 15 is 0 Å². The van der Waals surface area contributed by atoms with Gasteiger partial charge in [0.2, 0.25) is 0 Å². The third kappa shape index (κ3) is 12.2. The number of aryl methyl sites for hydroxylation is 3. The van der Waals surface area contributed by atoms with Gasteiger partial charge in [0.05, 0.1) is 0 Å². The molecule has 0 amide bonds. The Morgan fingerprint density at radius 1 is 0.745 bits per heavy atom. The molecule has 0 atom stereocenters. The quantitative estimate of drug-likeness (QED) is 0.207. The predicted octanol–water partition coefficient (Wildman–Crippen LogP) is 10.7. The van der Waals surface area contributed by atoms with Gasteiger partial charge in [-0.05, 0) is 109 Å². The molecule has 3 aromatic rings. The van der Waals surface area contributed by atoms with Crippen molar-refractivity contribution in [3.63, 3.8) is 0 Å². The molecule has 2 aliphatic carbocycles. The second-order valence-electron chi connectivity index (χ2n) is 11.3. The van der Waals surface area contributed by atoms with Crippen LogP contribution in [0.2, 0.25) is 0 Å². The first-order valence-corrected chi connectivity index (χ1v) is 17.3. The number of ketones is 2. The van der Waals surface area contributed by atoms with Crippen LogP contribution in [-0.4, -0.2) is 25.1 Å². The summed E-state index contributed by atoms with van der Waals surface area (Å²) in [6, 6.07) is 23.5. The lowest BCUT2D eigenvalue weighted by Crippen LogP contribution is -2.16. The molecule has 4 heteroatoms. The molecule has 3 aromatic carbocycles. The summed E-state index contributed by atoms with van der Waals surface area (Å²) in [5.41, 5.74) is 9.31. The van der Waals surface area contributed by atoms with Crippen LogP contribution in [0.1, 0.15) is 130 Å². The molecule has 5 rings (SSSR count). The molecule has 47 heavy (non-hydrogen) atoms. The SMILES string of the molecule is C=O.C=O.CC.CC.CCc1cccc(CCC(=O)c2ccc(C3CCC(c4ccccc4C)CC3)c(CC(=O)C3=CC=CC3)c2)c1.[HH]. The van der Waals surface area contributed by atoms with Crippen molar-refractivity contribution in [1.29, 1.82) is 0 Å². The molecule has 0 N–H and O–H groups in total. The molecule has 0 saturated heterocycles. The Balaban J connectivity index is 0.00000229. The highest BCUT2D eigenvalue weighted by molar-refractivity contribution is 5.99. The van der Waals surface area contributed by atoms with Crippen LogP contribution in [0.4, 0.5) is 0 Å². The van der Waals surface area contributed by atoms with Gasteiger partial charge in [-0.2, -0.15) is 0 Å². The summed E-state index contributed by atoms with van der Waals surface area (Å²) in [5, 5.41) is 0. The predicted molar refractivity (Wildman–Crippen MR) is 200 cm³/mol. The van der Waals surface area contributed by atoms with E-state index in [1.165, 1.54) is 27.8 Å². The molecule has 0 heterocycles. The summed E-state index contributed by atoms with van der Waals surface area (Å²) in [7, 11) is 0. The van der Waals surface area contributed by atoms with Crippen LogP contribution < -0.4 is 0 Å². The zero-order valence-electron chi connectivity index (χ0n) is 29.6. The van der Waals surface area contributed by atoms with E-state index in [4.69, 9.17) is 9.59 Å². The van der Waals surface area contributed by atoms with Gasteiger partial charge in [0.15, 0.2) is 11.6 Å². The molecule has 254 valence electrons. The smallest absolute Gasteiger partial charge is 0.163 e. The Kier molecular flexibility index (Phi) is 20.2. The van der Waals surface area contributed by atoms with Crippen molar-refractivity contribution in [2.45, 2.75) is 111 Å². The number of rotatable bonds is 10. The summed E-state index contributed by atoms with van der Waals surface area (Å²) >= 11 is 0. The first-order valence-electron chi connectivity index (χ1n) is 17.3. The van der Waals surface area contributed by atoms with Crippen molar-refractivity contribution in [2.75, 3.05) is 0 Å². The molecule has 0 unspecified atom stereocenters. The fraction of sp³-hybridized carbons (Fsp3) is 0.395. The number of carbonyl (C=O) groups is 4. The lowest BCUT2D eigenvalue weighted by molar-refractivity contribution is -0.115. The Morgan fingerprint density at radius 2 is 1.36 bits per heavy atom. The lowest BCUT2D eigenvalue weighted by Gasteiger charge is -2.31. The van der Waals surface area contributed by atoms with Crippen LogP contribution in [0.3, 0.4) is 0 Å². The van der Waals surface area contributed by atoms with Gasteiger partial charge in [0.1, 0.15) is 13.6 Å². The molecular formula is C43H58O4. The maximum absolute atomic E-state index is 13.3. The summed E-state index contributed by atoms with van der Waals surface area (Å²) in [5.74, 6) is 1.37. The van der Waals surface area contributed by atoms with Crippen LogP contribution in [0, 0.1) is 6.92 Å². The van der Waals surface area contributed by atoms with Crippen LogP contribution in [0.5, 0.6) is 0 Å². The lowest BCUT2D eigenvalue weighted by atomic mass is 9.74. The normalized spacial score (nSPS) is 15.9. The molecule has 0 bridgehead atoms. The van der Waals surface area contributed by atoms with E-state index in [1.54, 1.807) is 0 Å². The molecule has 2 aliphatic rings. The topological polar surface area (TPSA) is 68.3 Å². The van der Waals surface area contributed by atoms with Gasteiger partial charge in [0, 0.05) is 19.8 Å². The molecule has 0 radical (unpaired) electrons. The van der Waals surface area contributed by atoms with Crippen molar-refractivity contribution >= 4 is 25.1 Å². The Labute approximate surface area is 285 Å². The first-order chi connectivity index (χ1) is 23.0. The third-order valence-corrected chi connectivity index (χ3v) is 8.78. The average Bonchev–Trinajstić information content (AvgIpc) is 3.70. The van der Waals surface area contributed by atoms with Crippen LogP contribution in [-0.2, 0) is 33.6 Å². The molecule has 4 nitrogen and oxygen atoms in total. The Morgan fingerprint density at radius 3 is 1.96 bits per heavy atom. The summed E-state index contributed by atoms with van der Waals surface area (Å²) in [6.07, 6.45) is 13.8. The van der Waals surface area contributed by atoms with Crippen LogP contribution in [0.25, 0.3) is 0 Å². The highest BCUT2D eigenvalue weighted by Gasteiger charge is 2.27. The molecular weight excluding hydrogens is 580 g/mol. The van der Waals surface area contributed by atoms with Gasteiger partial charge < -0.3 is 9.59 Å². The molecule has 1 fully saturated rings. The zero-order valence-corrected chi connectivity index (χ0v) is 29.6. The van der Waals surface area contributed by atoms with Crippen molar-refractivity contribution in [1.82, 2.24) is 0 Å². The van der Waals surface area contributed by atoms with Gasteiger partial charge in [-0.3, -0.25) is 9.59 Å². The zero-order chi connectivity index (χ0) is 35.2. The van der Waals surface area contributed by atoms with E-state index in [0.717, 1.165) is 55.2 Å². The number of hydrogen-bond acceptors (Lipinski definition) is 4. The fourth-order valence-electron chi connectivity index (χ4n) is 6.44. The first kappa shape index (κ1) is 40.8. The van der Waals surface area contributed by atoms with E-state index in [2.05, 4.69) is 68.4 Å². The summed E-state index contributed by atoms with van der Waals surface area (Å²) < 4.78 is 0. The van der Waals surface area contributed by atoms with E-state index in [9.17, 15) is 9.59 Å². The minimum absolute atomic E-state index is 0. The maximum Gasteiger partial charge on any atom is 0.163 e. The minimum Gasteiger partial charge on any atom is -0.307 e. The van der Waals surface area contributed by atoms with E-state index in [-0.39, 0.29) is 13.0 Å². The highest BCUT2D eigenvalue weighted by Crippen LogP contribution is 2.42. The third-order valence-electron chi connectivity index (χ3n) is 8.78. The monoisotopic (exact) mass is 638 g/mol. The minimum atomic E-state index is 0. The number of hydrogen-bond donors (Lipinski definition) is 0. The van der Waals surface area contributed by atoms with Crippen molar-refractivity contribution in [3.05, 3.63) is 129 Å². The number of benzene rings is 3. The van der Waals surface area contributed by atoms with Gasteiger partial charge >= 0.3 is 0 Å². The van der Waals surface area contributed by atoms with Crippen LogP contribution >= 0.6 is 0 Å². The Bertz CT molecular complexity index is 1440. The summed E-state index contributed by atoms with van der Waals surface area (Å²) in [4.78, 5) is 42.5. The maximum atomic E-state index is 13.3. The van der Waals surface area contributed by atoms with E-state index in [1.807, 2.05) is 71.6 Å².